The second kappa shape index (κ2) is 2.92. The van der Waals surface area contributed by atoms with Crippen LogP contribution in [0.5, 0.6) is 0 Å². The normalized spacial score (nSPS) is 11.8. The average Bonchev–Trinajstić information content (AvgIpc) is 2.89. The third-order valence-electron chi connectivity index (χ3n) is 3.38. The van der Waals surface area contributed by atoms with Crippen LogP contribution in [0.1, 0.15) is 0 Å². The van der Waals surface area contributed by atoms with E-state index in [1.807, 2.05) is 12.3 Å². The molecule has 0 saturated heterocycles. The zero-order valence-corrected chi connectivity index (χ0v) is 9.47. The molecule has 0 unspecified atom stereocenters. The molecular weight excluding hydrogens is 210 g/mol. The van der Waals surface area contributed by atoms with Crippen molar-refractivity contribution in [1.29, 1.82) is 0 Å². The Morgan fingerprint density at radius 2 is 1.82 bits per heavy atom. The molecule has 0 aliphatic carbocycles. The van der Waals surface area contributed by atoms with Crippen LogP contribution in [0.15, 0.2) is 53.1 Å². The van der Waals surface area contributed by atoms with E-state index in [9.17, 15) is 0 Å². The molecule has 2 nitrogen and oxygen atoms in total. The molecule has 0 aliphatic rings. The van der Waals surface area contributed by atoms with Crippen LogP contribution in [0.4, 0.5) is 0 Å². The maximum atomic E-state index is 5.86. The molecule has 0 amide bonds. The molecule has 0 atom stereocenters. The van der Waals surface area contributed by atoms with Crippen LogP contribution in [0.2, 0.25) is 0 Å². The molecule has 0 N–H and O–H groups in total. The van der Waals surface area contributed by atoms with Crippen LogP contribution >= 0.6 is 0 Å². The summed E-state index contributed by atoms with van der Waals surface area (Å²) in [7, 11) is 2.05. The molecule has 0 saturated carbocycles. The largest absolute Gasteiger partial charge is 0.454 e. The molecule has 17 heavy (non-hydrogen) atoms. The topological polar surface area (TPSA) is 18.1 Å². The zero-order valence-electron chi connectivity index (χ0n) is 9.47. The minimum absolute atomic E-state index is 0.957. The fourth-order valence-corrected chi connectivity index (χ4v) is 2.59. The number of aromatic nitrogens is 1. The van der Waals surface area contributed by atoms with Gasteiger partial charge in [-0.15, -0.1) is 0 Å². The second-order valence-corrected chi connectivity index (χ2v) is 4.40. The summed E-state index contributed by atoms with van der Waals surface area (Å²) in [6.07, 6.45) is 2.04. The summed E-state index contributed by atoms with van der Waals surface area (Å²) in [6.45, 7) is 0. The number of rotatable bonds is 0. The highest BCUT2D eigenvalue weighted by molar-refractivity contribution is 6.17. The van der Waals surface area contributed by atoms with Gasteiger partial charge in [0.25, 0.3) is 0 Å². The smallest absolute Gasteiger partial charge is 0.153 e. The summed E-state index contributed by atoms with van der Waals surface area (Å²) in [4.78, 5) is 0. The van der Waals surface area contributed by atoms with Gasteiger partial charge in [-0.1, -0.05) is 30.3 Å². The second-order valence-electron chi connectivity index (χ2n) is 4.40. The lowest BCUT2D eigenvalue weighted by Crippen LogP contribution is -1.83. The van der Waals surface area contributed by atoms with Crippen LogP contribution in [0.3, 0.4) is 0 Å². The highest BCUT2D eigenvalue weighted by atomic mass is 16.3. The highest BCUT2D eigenvalue weighted by Crippen LogP contribution is 2.34. The molecule has 2 heterocycles. The Balaban J connectivity index is 2.41. The monoisotopic (exact) mass is 221 g/mol. The standard InChI is InChI=1S/C15H11NO/c1-16-9-8-13-15(16)14-11-5-3-2-4-10(11)6-7-12(14)17-13/h2-9H,1H3. The maximum Gasteiger partial charge on any atom is 0.153 e. The van der Waals surface area contributed by atoms with Crippen molar-refractivity contribution >= 4 is 32.8 Å². The third kappa shape index (κ3) is 1.04. The first-order valence-electron chi connectivity index (χ1n) is 5.70. The van der Waals surface area contributed by atoms with E-state index >= 15 is 0 Å². The molecule has 0 radical (unpaired) electrons. The SMILES string of the molecule is Cn1ccc2oc3ccc4ccccc4c3c21. The molecule has 4 rings (SSSR count). The van der Waals surface area contributed by atoms with Gasteiger partial charge >= 0.3 is 0 Å². The van der Waals surface area contributed by atoms with E-state index in [4.69, 9.17) is 4.42 Å². The lowest BCUT2D eigenvalue weighted by molar-refractivity contribution is 0.669. The lowest BCUT2D eigenvalue weighted by atomic mass is 10.1. The Morgan fingerprint density at radius 1 is 0.941 bits per heavy atom. The van der Waals surface area contributed by atoms with Gasteiger partial charge in [0.15, 0.2) is 5.58 Å². The Hall–Kier alpha value is -2.22. The van der Waals surface area contributed by atoms with E-state index in [0.717, 1.165) is 11.2 Å². The van der Waals surface area contributed by atoms with Gasteiger partial charge in [-0.2, -0.15) is 0 Å². The van der Waals surface area contributed by atoms with E-state index in [0.29, 0.717) is 0 Å². The zero-order chi connectivity index (χ0) is 11.4. The Bertz CT molecular complexity index is 851. The predicted molar refractivity (Wildman–Crippen MR) is 70.2 cm³/mol. The van der Waals surface area contributed by atoms with E-state index in [1.54, 1.807) is 0 Å². The van der Waals surface area contributed by atoms with Crippen molar-refractivity contribution in [3.05, 3.63) is 48.7 Å². The van der Waals surface area contributed by atoms with Crippen LogP contribution in [-0.4, -0.2) is 4.57 Å². The van der Waals surface area contributed by atoms with Crippen molar-refractivity contribution in [3.63, 3.8) is 0 Å². The molecule has 0 fully saturated rings. The number of aryl methyl sites for hydroxylation is 1. The molecular formula is C15H11NO. The minimum atomic E-state index is 0.957. The fourth-order valence-electron chi connectivity index (χ4n) is 2.59. The maximum absolute atomic E-state index is 5.86. The average molecular weight is 221 g/mol. The van der Waals surface area contributed by atoms with Crippen molar-refractivity contribution in [2.45, 2.75) is 0 Å². The van der Waals surface area contributed by atoms with Crippen molar-refractivity contribution in [1.82, 2.24) is 4.57 Å². The molecule has 2 aromatic carbocycles. The molecule has 0 aliphatic heterocycles. The van der Waals surface area contributed by atoms with Gasteiger partial charge in [0.05, 0.1) is 10.9 Å². The van der Waals surface area contributed by atoms with E-state index < -0.39 is 0 Å². The minimum Gasteiger partial charge on any atom is -0.454 e. The molecule has 4 aromatic rings. The Labute approximate surface area is 98.1 Å². The van der Waals surface area contributed by atoms with Gasteiger partial charge in [-0.05, 0) is 22.9 Å². The van der Waals surface area contributed by atoms with Crippen molar-refractivity contribution < 1.29 is 4.42 Å². The number of fused-ring (bicyclic) bond motifs is 5. The van der Waals surface area contributed by atoms with Crippen LogP contribution in [0, 0.1) is 0 Å². The fraction of sp³-hybridized carbons (Fsp3) is 0.0667. The molecule has 2 heteroatoms. The van der Waals surface area contributed by atoms with Gasteiger partial charge in [-0.3, -0.25) is 0 Å². The van der Waals surface area contributed by atoms with E-state index in [1.165, 1.54) is 21.7 Å². The summed E-state index contributed by atoms with van der Waals surface area (Å²) in [6, 6.07) is 14.6. The van der Waals surface area contributed by atoms with Gasteiger partial charge in [0.1, 0.15) is 5.58 Å². The van der Waals surface area contributed by atoms with Crippen molar-refractivity contribution in [3.8, 4) is 0 Å². The molecule has 0 spiro atoms. The van der Waals surface area contributed by atoms with Crippen molar-refractivity contribution in [2.24, 2.45) is 7.05 Å². The highest BCUT2D eigenvalue weighted by Gasteiger charge is 2.12. The quantitative estimate of drug-likeness (QED) is 0.437. The van der Waals surface area contributed by atoms with Crippen LogP contribution < -0.4 is 0 Å². The van der Waals surface area contributed by atoms with Gasteiger partial charge < -0.3 is 8.98 Å². The number of hydrogen-bond acceptors (Lipinski definition) is 1. The van der Waals surface area contributed by atoms with Crippen molar-refractivity contribution in [2.75, 3.05) is 0 Å². The summed E-state index contributed by atoms with van der Waals surface area (Å²) in [5.74, 6) is 0. The number of benzene rings is 2. The third-order valence-corrected chi connectivity index (χ3v) is 3.38. The lowest BCUT2D eigenvalue weighted by Gasteiger charge is -1.99. The summed E-state index contributed by atoms with van der Waals surface area (Å²) < 4.78 is 7.98. The Morgan fingerprint density at radius 3 is 2.76 bits per heavy atom. The summed E-state index contributed by atoms with van der Waals surface area (Å²) in [5, 5.41) is 3.72. The van der Waals surface area contributed by atoms with E-state index in [2.05, 4.69) is 48.0 Å². The molecule has 2 aromatic heterocycles. The van der Waals surface area contributed by atoms with E-state index in [-0.39, 0.29) is 0 Å². The predicted octanol–water partition coefficient (Wildman–Crippen LogP) is 4.08. The Kier molecular flexibility index (Phi) is 1.52. The molecule has 0 bridgehead atoms. The van der Waals surface area contributed by atoms with Crippen LogP contribution in [-0.2, 0) is 7.05 Å². The number of furan rings is 1. The summed E-state index contributed by atoms with van der Waals surface area (Å²) >= 11 is 0. The van der Waals surface area contributed by atoms with Gasteiger partial charge in [0.2, 0.25) is 0 Å². The summed E-state index contributed by atoms with van der Waals surface area (Å²) in [5.41, 5.74) is 3.10. The number of hydrogen-bond donors (Lipinski definition) is 0. The first-order chi connectivity index (χ1) is 8.34. The molecule has 82 valence electrons. The van der Waals surface area contributed by atoms with Crippen LogP contribution in [0.25, 0.3) is 32.8 Å². The number of nitrogens with zero attached hydrogens (tertiary/aromatic N) is 1. The first-order valence-corrected chi connectivity index (χ1v) is 5.70. The first kappa shape index (κ1) is 8.88. The van der Waals surface area contributed by atoms with Gasteiger partial charge in [0, 0.05) is 13.2 Å². The van der Waals surface area contributed by atoms with Gasteiger partial charge in [-0.25, -0.2) is 0 Å².